The largest absolute Gasteiger partial charge is 0.341 e. The van der Waals surface area contributed by atoms with Crippen molar-refractivity contribution in [2.75, 3.05) is 13.1 Å². The third-order valence-corrected chi connectivity index (χ3v) is 5.80. The summed E-state index contributed by atoms with van der Waals surface area (Å²) in [6, 6.07) is 0. The standard InChI is InChI=1S/C17H23N3O2S/c1-10-5-11(2)7-19(6-10)14(21)8-20-9-18-16-15(17(20)22)12(3)13(4)23-16/h9-11H,5-8H2,1-4H3/t10-,11-/m0/s1. The molecule has 1 fully saturated rings. The predicted octanol–water partition coefficient (Wildman–Crippen LogP) is 2.58. The highest BCUT2D eigenvalue weighted by atomic mass is 32.1. The van der Waals surface area contributed by atoms with Crippen LogP contribution in [0.1, 0.15) is 30.7 Å². The van der Waals surface area contributed by atoms with Crippen LogP contribution < -0.4 is 5.56 Å². The maximum absolute atomic E-state index is 12.7. The number of hydrogen-bond donors (Lipinski definition) is 0. The highest BCUT2D eigenvalue weighted by molar-refractivity contribution is 7.18. The monoisotopic (exact) mass is 333 g/mol. The number of fused-ring (bicyclic) bond motifs is 1. The first kappa shape index (κ1) is 16.2. The van der Waals surface area contributed by atoms with E-state index in [2.05, 4.69) is 18.8 Å². The Morgan fingerprint density at radius 3 is 2.61 bits per heavy atom. The Balaban J connectivity index is 1.87. The minimum absolute atomic E-state index is 0.0104. The van der Waals surface area contributed by atoms with Crippen molar-refractivity contribution in [3.63, 3.8) is 0 Å². The number of hydrogen-bond acceptors (Lipinski definition) is 4. The van der Waals surface area contributed by atoms with E-state index in [0.29, 0.717) is 17.2 Å². The van der Waals surface area contributed by atoms with Crippen molar-refractivity contribution in [3.8, 4) is 0 Å². The van der Waals surface area contributed by atoms with Gasteiger partial charge in [0, 0.05) is 18.0 Å². The maximum atomic E-state index is 12.7. The van der Waals surface area contributed by atoms with Crippen molar-refractivity contribution in [2.45, 2.75) is 40.7 Å². The van der Waals surface area contributed by atoms with Crippen LogP contribution in [0.3, 0.4) is 0 Å². The molecular weight excluding hydrogens is 310 g/mol. The van der Waals surface area contributed by atoms with Crippen molar-refractivity contribution in [1.29, 1.82) is 0 Å². The molecule has 5 nitrogen and oxygen atoms in total. The number of carbonyl (C=O) groups excluding carboxylic acids is 1. The molecule has 0 spiro atoms. The van der Waals surface area contributed by atoms with Crippen LogP contribution in [-0.2, 0) is 11.3 Å². The molecule has 6 heteroatoms. The fourth-order valence-corrected chi connectivity index (χ4v) is 4.48. The summed E-state index contributed by atoms with van der Waals surface area (Å²) in [6.45, 7) is 9.93. The summed E-state index contributed by atoms with van der Waals surface area (Å²) in [6.07, 6.45) is 2.67. The lowest BCUT2D eigenvalue weighted by Gasteiger charge is -2.35. The Morgan fingerprint density at radius 1 is 1.30 bits per heavy atom. The molecule has 0 saturated carbocycles. The van der Waals surface area contributed by atoms with E-state index in [1.54, 1.807) is 0 Å². The van der Waals surface area contributed by atoms with Crippen molar-refractivity contribution in [2.24, 2.45) is 11.8 Å². The Kier molecular flexibility index (Phi) is 4.27. The minimum Gasteiger partial charge on any atom is -0.341 e. The number of nitrogens with zero attached hydrogens (tertiary/aromatic N) is 3. The van der Waals surface area contributed by atoms with Crippen molar-refractivity contribution < 1.29 is 4.79 Å². The normalized spacial score (nSPS) is 21.8. The van der Waals surface area contributed by atoms with E-state index in [-0.39, 0.29) is 18.0 Å². The van der Waals surface area contributed by atoms with Crippen LogP contribution in [0.15, 0.2) is 11.1 Å². The van der Waals surface area contributed by atoms with Gasteiger partial charge in [0.2, 0.25) is 5.91 Å². The van der Waals surface area contributed by atoms with Gasteiger partial charge in [0.05, 0.1) is 11.7 Å². The number of carbonyl (C=O) groups is 1. The molecule has 0 unspecified atom stereocenters. The van der Waals surface area contributed by atoms with E-state index in [9.17, 15) is 9.59 Å². The number of rotatable bonds is 2. The van der Waals surface area contributed by atoms with Crippen LogP contribution in [0.2, 0.25) is 0 Å². The average Bonchev–Trinajstić information content (AvgIpc) is 2.77. The lowest BCUT2D eigenvalue weighted by molar-refractivity contribution is -0.134. The zero-order valence-corrected chi connectivity index (χ0v) is 14.9. The summed E-state index contributed by atoms with van der Waals surface area (Å²) in [4.78, 5) is 33.4. The van der Waals surface area contributed by atoms with Crippen LogP contribution in [0.4, 0.5) is 0 Å². The molecule has 1 aliphatic heterocycles. The SMILES string of the molecule is Cc1sc2ncn(CC(=O)N3C[C@@H](C)C[C@H](C)C3)c(=O)c2c1C. The summed E-state index contributed by atoms with van der Waals surface area (Å²) in [5.41, 5.74) is 0.868. The van der Waals surface area contributed by atoms with E-state index < -0.39 is 0 Å². The Hall–Kier alpha value is -1.69. The summed E-state index contributed by atoms with van der Waals surface area (Å²) >= 11 is 1.53. The lowest BCUT2D eigenvalue weighted by atomic mass is 9.92. The first-order valence-corrected chi connectivity index (χ1v) is 8.91. The third kappa shape index (κ3) is 3.04. The molecule has 0 aliphatic carbocycles. The van der Waals surface area contributed by atoms with Gasteiger partial charge in [-0.05, 0) is 37.7 Å². The second kappa shape index (κ2) is 6.07. The number of aryl methyl sites for hydroxylation is 2. The Morgan fingerprint density at radius 2 is 1.96 bits per heavy atom. The summed E-state index contributed by atoms with van der Waals surface area (Å²) in [5.74, 6) is 1.04. The Labute approximate surface area is 139 Å². The highest BCUT2D eigenvalue weighted by Crippen LogP contribution is 2.25. The molecule has 0 aromatic carbocycles. The fraction of sp³-hybridized carbons (Fsp3) is 0.588. The van der Waals surface area contributed by atoms with Crippen molar-refractivity contribution in [1.82, 2.24) is 14.5 Å². The van der Waals surface area contributed by atoms with Gasteiger partial charge in [-0.2, -0.15) is 0 Å². The van der Waals surface area contributed by atoms with Gasteiger partial charge >= 0.3 is 0 Å². The molecule has 2 atom stereocenters. The van der Waals surface area contributed by atoms with Crippen LogP contribution in [0.5, 0.6) is 0 Å². The summed E-state index contributed by atoms with van der Waals surface area (Å²) in [5, 5.41) is 0.656. The van der Waals surface area contributed by atoms with E-state index in [1.165, 1.54) is 22.2 Å². The number of piperidine rings is 1. The van der Waals surface area contributed by atoms with Gasteiger partial charge in [0.1, 0.15) is 11.4 Å². The number of amides is 1. The quantitative estimate of drug-likeness (QED) is 0.849. The summed E-state index contributed by atoms with van der Waals surface area (Å²) in [7, 11) is 0. The number of aromatic nitrogens is 2. The average molecular weight is 333 g/mol. The van der Waals surface area contributed by atoms with Crippen LogP contribution in [0.25, 0.3) is 10.2 Å². The molecule has 2 aromatic rings. The molecule has 3 heterocycles. The van der Waals surface area contributed by atoms with Gasteiger partial charge < -0.3 is 4.90 Å². The molecule has 1 amide bonds. The van der Waals surface area contributed by atoms with Crippen LogP contribution in [-0.4, -0.2) is 33.4 Å². The van der Waals surface area contributed by atoms with Gasteiger partial charge in [-0.15, -0.1) is 11.3 Å². The van der Waals surface area contributed by atoms with E-state index in [0.717, 1.165) is 34.8 Å². The molecule has 124 valence electrons. The smallest absolute Gasteiger partial charge is 0.262 e. The topological polar surface area (TPSA) is 55.2 Å². The molecular formula is C17H23N3O2S. The van der Waals surface area contributed by atoms with Gasteiger partial charge in [0.15, 0.2) is 0 Å². The second-order valence-corrected chi connectivity index (χ2v) is 8.09. The van der Waals surface area contributed by atoms with E-state index in [1.807, 2.05) is 18.7 Å². The molecule has 0 bridgehead atoms. The first-order valence-electron chi connectivity index (χ1n) is 8.09. The van der Waals surface area contributed by atoms with Gasteiger partial charge in [-0.3, -0.25) is 14.2 Å². The number of thiophene rings is 1. The lowest BCUT2D eigenvalue weighted by Crippen LogP contribution is -2.44. The third-order valence-electron chi connectivity index (χ3n) is 4.68. The maximum Gasteiger partial charge on any atom is 0.262 e. The molecule has 0 radical (unpaired) electrons. The minimum atomic E-state index is -0.108. The van der Waals surface area contributed by atoms with Crippen LogP contribution in [0, 0.1) is 25.7 Å². The Bertz CT molecular complexity index is 798. The second-order valence-electron chi connectivity index (χ2n) is 6.89. The van der Waals surface area contributed by atoms with Crippen LogP contribution >= 0.6 is 11.3 Å². The highest BCUT2D eigenvalue weighted by Gasteiger charge is 2.25. The van der Waals surface area contributed by atoms with Gasteiger partial charge in [-0.25, -0.2) is 4.98 Å². The van der Waals surface area contributed by atoms with Gasteiger partial charge in [0.25, 0.3) is 5.56 Å². The molecule has 2 aromatic heterocycles. The van der Waals surface area contributed by atoms with Gasteiger partial charge in [-0.1, -0.05) is 13.8 Å². The van der Waals surface area contributed by atoms with E-state index >= 15 is 0 Å². The zero-order valence-electron chi connectivity index (χ0n) is 14.1. The van der Waals surface area contributed by atoms with Crippen molar-refractivity contribution >= 4 is 27.5 Å². The molecule has 23 heavy (non-hydrogen) atoms. The van der Waals surface area contributed by atoms with Crippen molar-refractivity contribution in [3.05, 3.63) is 27.1 Å². The summed E-state index contributed by atoms with van der Waals surface area (Å²) < 4.78 is 1.45. The fourth-order valence-electron chi connectivity index (χ4n) is 3.49. The molecule has 1 saturated heterocycles. The molecule has 1 aliphatic rings. The predicted molar refractivity (Wildman–Crippen MR) is 92.9 cm³/mol. The van der Waals surface area contributed by atoms with E-state index in [4.69, 9.17) is 0 Å². The first-order chi connectivity index (χ1) is 10.9. The molecule has 3 rings (SSSR count). The molecule has 0 N–H and O–H groups in total. The zero-order chi connectivity index (χ0) is 16.7. The number of likely N-dealkylation sites (tertiary alicyclic amines) is 1.